The Bertz CT molecular complexity index is 651. The molecule has 5 nitrogen and oxygen atoms in total. The van der Waals surface area contributed by atoms with Crippen LogP contribution in [0.25, 0.3) is 11.0 Å². The van der Waals surface area contributed by atoms with Gasteiger partial charge in [-0.2, -0.15) is 0 Å². The summed E-state index contributed by atoms with van der Waals surface area (Å²) in [6.45, 7) is 3.02. The van der Waals surface area contributed by atoms with Gasteiger partial charge in [0.15, 0.2) is 0 Å². The Morgan fingerprint density at radius 2 is 2.10 bits per heavy atom. The first-order chi connectivity index (χ1) is 9.67. The number of aromatic amines is 1. The highest BCUT2D eigenvalue weighted by Crippen LogP contribution is 2.22. The van der Waals surface area contributed by atoms with E-state index in [9.17, 15) is 4.79 Å². The molecule has 0 amide bonds. The molecule has 1 aromatic carbocycles. The van der Waals surface area contributed by atoms with Crippen LogP contribution in [0.15, 0.2) is 23.0 Å². The van der Waals surface area contributed by atoms with Gasteiger partial charge in [0, 0.05) is 12.6 Å². The molecule has 1 saturated heterocycles. The number of nitrogens with zero attached hydrogens (tertiary/aromatic N) is 2. The first-order valence-electron chi connectivity index (χ1n) is 7.12. The molecule has 0 spiro atoms. The highest BCUT2D eigenvalue weighted by molar-refractivity contribution is 5.77. The summed E-state index contributed by atoms with van der Waals surface area (Å²) in [6, 6.07) is 5.71. The molecule has 1 N–H and O–H groups in total. The number of fused-ring (bicyclic) bond motifs is 1. The fourth-order valence-corrected chi connectivity index (χ4v) is 2.94. The van der Waals surface area contributed by atoms with Gasteiger partial charge in [-0.1, -0.05) is 0 Å². The van der Waals surface area contributed by atoms with Crippen molar-refractivity contribution in [3.8, 4) is 5.75 Å². The average Bonchev–Trinajstić information content (AvgIpc) is 2.77. The highest BCUT2D eigenvalue weighted by atomic mass is 16.5. The first kappa shape index (κ1) is 13.2. The number of hydrogen-bond donors (Lipinski definition) is 1. The van der Waals surface area contributed by atoms with Gasteiger partial charge in [-0.25, -0.2) is 4.79 Å². The highest BCUT2D eigenvalue weighted by Gasteiger charge is 2.19. The van der Waals surface area contributed by atoms with E-state index in [0.29, 0.717) is 5.92 Å². The minimum Gasteiger partial charge on any atom is -0.497 e. The summed E-state index contributed by atoms with van der Waals surface area (Å²) in [5, 5.41) is 0. The predicted molar refractivity (Wildman–Crippen MR) is 79.3 cm³/mol. The number of likely N-dealkylation sites (tertiary alicyclic amines) is 1. The van der Waals surface area contributed by atoms with E-state index in [1.165, 1.54) is 0 Å². The predicted octanol–water partition coefficient (Wildman–Crippen LogP) is 1.68. The first-order valence-corrected chi connectivity index (χ1v) is 7.12. The van der Waals surface area contributed by atoms with Gasteiger partial charge < -0.3 is 14.6 Å². The molecule has 0 aliphatic carbocycles. The third-order valence-corrected chi connectivity index (χ3v) is 4.26. The lowest BCUT2D eigenvalue weighted by Crippen LogP contribution is -2.33. The van der Waals surface area contributed by atoms with Crippen molar-refractivity contribution in [3.63, 3.8) is 0 Å². The Balaban J connectivity index is 1.90. The molecular formula is C15H21N3O2. The molecule has 0 saturated carbocycles. The fraction of sp³-hybridized carbons (Fsp3) is 0.533. The van der Waals surface area contributed by atoms with Crippen molar-refractivity contribution in [2.24, 2.45) is 5.92 Å². The largest absolute Gasteiger partial charge is 0.497 e. The van der Waals surface area contributed by atoms with Gasteiger partial charge in [-0.3, -0.25) is 4.57 Å². The molecule has 1 aromatic heterocycles. The van der Waals surface area contributed by atoms with Crippen LogP contribution in [0.2, 0.25) is 0 Å². The summed E-state index contributed by atoms with van der Waals surface area (Å²) in [6.07, 6.45) is 2.30. The van der Waals surface area contributed by atoms with Crippen LogP contribution in [0.4, 0.5) is 0 Å². The van der Waals surface area contributed by atoms with E-state index in [1.807, 2.05) is 22.8 Å². The molecule has 1 fully saturated rings. The van der Waals surface area contributed by atoms with E-state index in [2.05, 4.69) is 16.9 Å². The third kappa shape index (κ3) is 2.45. The summed E-state index contributed by atoms with van der Waals surface area (Å²) in [5.74, 6) is 1.36. The maximum atomic E-state index is 12.1. The number of nitrogens with one attached hydrogen (secondary N) is 1. The molecule has 0 unspecified atom stereocenters. The molecule has 0 atom stereocenters. The monoisotopic (exact) mass is 275 g/mol. The summed E-state index contributed by atoms with van der Waals surface area (Å²) in [4.78, 5) is 17.4. The number of rotatable bonds is 3. The van der Waals surface area contributed by atoms with Crippen LogP contribution in [0.1, 0.15) is 12.8 Å². The zero-order valence-corrected chi connectivity index (χ0v) is 12.1. The zero-order valence-electron chi connectivity index (χ0n) is 12.1. The number of hydrogen-bond acceptors (Lipinski definition) is 3. The van der Waals surface area contributed by atoms with Crippen molar-refractivity contribution in [2.75, 3.05) is 27.2 Å². The van der Waals surface area contributed by atoms with Crippen LogP contribution in [0, 0.1) is 5.92 Å². The maximum absolute atomic E-state index is 12.1. The van der Waals surface area contributed by atoms with E-state index in [4.69, 9.17) is 4.74 Å². The van der Waals surface area contributed by atoms with E-state index >= 15 is 0 Å². The number of benzene rings is 1. The van der Waals surface area contributed by atoms with Gasteiger partial charge in [-0.05, 0) is 51.0 Å². The molecule has 2 aromatic rings. The molecule has 3 rings (SSSR count). The third-order valence-electron chi connectivity index (χ3n) is 4.26. The summed E-state index contributed by atoms with van der Waals surface area (Å²) in [5.41, 5.74) is 1.80. The summed E-state index contributed by atoms with van der Waals surface area (Å²) < 4.78 is 7.11. The normalized spacial score (nSPS) is 17.7. The van der Waals surface area contributed by atoms with Gasteiger partial charge in [0.2, 0.25) is 0 Å². The topological polar surface area (TPSA) is 50.3 Å². The quantitative estimate of drug-likeness (QED) is 0.927. The number of imidazole rings is 1. The maximum Gasteiger partial charge on any atom is 0.326 e. The van der Waals surface area contributed by atoms with E-state index in [-0.39, 0.29) is 5.69 Å². The molecule has 1 aliphatic heterocycles. The van der Waals surface area contributed by atoms with Crippen LogP contribution in [0.5, 0.6) is 5.75 Å². The smallest absolute Gasteiger partial charge is 0.326 e. The number of aromatic nitrogens is 2. The van der Waals surface area contributed by atoms with E-state index in [0.717, 1.165) is 49.3 Å². The van der Waals surface area contributed by atoms with E-state index in [1.54, 1.807) is 7.11 Å². The molecule has 0 bridgehead atoms. The van der Waals surface area contributed by atoms with Crippen molar-refractivity contribution in [3.05, 3.63) is 28.7 Å². The van der Waals surface area contributed by atoms with Gasteiger partial charge >= 0.3 is 5.69 Å². The molecule has 0 radical (unpaired) electrons. The van der Waals surface area contributed by atoms with Crippen LogP contribution < -0.4 is 10.4 Å². The Morgan fingerprint density at radius 3 is 2.80 bits per heavy atom. The average molecular weight is 275 g/mol. The summed E-state index contributed by atoms with van der Waals surface area (Å²) in [7, 11) is 3.80. The Hall–Kier alpha value is -1.75. The zero-order chi connectivity index (χ0) is 14.1. The van der Waals surface area contributed by atoms with Crippen molar-refractivity contribution < 1.29 is 4.74 Å². The van der Waals surface area contributed by atoms with Crippen molar-refractivity contribution in [1.82, 2.24) is 14.5 Å². The molecular weight excluding hydrogens is 254 g/mol. The van der Waals surface area contributed by atoms with Crippen molar-refractivity contribution >= 4 is 11.0 Å². The molecule has 1 aliphatic rings. The Kier molecular flexibility index (Phi) is 3.53. The lowest BCUT2D eigenvalue weighted by molar-refractivity contribution is 0.205. The molecule has 108 valence electrons. The van der Waals surface area contributed by atoms with Crippen LogP contribution in [0.3, 0.4) is 0 Å². The fourth-order valence-electron chi connectivity index (χ4n) is 2.94. The molecule has 5 heteroatoms. The molecule has 20 heavy (non-hydrogen) atoms. The minimum absolute atomic E-state index is 0.0211. The number of ether oxygens (including phenoxy) is 1. The number of H-pyrrole nitrogens is 1. The second kappa shape index (κ2) is 5.32. The standard InChI is InChI=1S/C15H21N3O2/c1-17-7-5-11(6-8-17)10-18-14-9-12(20-2)3-4-13(14)16-15(18)19/h3-4,9,11H,5-8,10H2,1-2H3,(H,16,19). The summed E-state index contributed by atoms with van der Waals surface area (Å²) >= 11 is 0. The number of piperidine rings is 1. The number of methoxy groups -OCH3 is 1. The van der Waals surface area contributed by atoms with Crippen LogP contribution in [-0.4, -0.2) is 41.7 Å². The van der Waals surface area contributed by atoms with Gasteiger partial charge in [0.25, 0.3) is 0 Å². The SMILES string of the molecule is COc1ccc2[nH]c(=O)n(CC3CCN(C)CC3)c2c1. The lowest BCUT2D eigenvalue weighted by Gasteiger charge is -2.29. The van der Waals surface area contributed by atoms with Gasteiger partial charge in [0.05, 0.1) is 18.1 Å². The Labute approximate surface area is 118 Å². The van der Waals surface area contributed by atoms with Crippen molar-refractivity contribution in [2.45, 2.75) is 19.4 Å². The lowest BCUT2D eigenvalue weighted by atomic mass is 9.97. The van der Waals surface area contributed by atoms with Gasteiger partial charge in [0.1, 0.15) is 5.75 Å². The van der Waals surface area contributed by atoms with Crippen LogP contribution >= 0.6 is 0 Å². The Morgan fingerprint density at radius 1 is 1.35 bits per heavy atom. The minimum atomic E-state index is -0.0211. The second-order valence-corrected chi connectivity index (χ2v) is 5.67. The van der Waals surface area contributed by atoms with Crippen LogP contribution in [-0.2, 0) is 6.54 Å². The molecule has 2 heterocycles. The second-order valence-electron chi connectivity index (χ2n) is 5.67. The van der Waals surface area contributed by atoms with Gasteiger partial charge in [-0.15, -0.1) is 0 Å². The van der Waals surface area contributed by atoms with E-state index < -0.39 is 0 Å². The van der Waals surface area contributed by atoms with Crippen molar-refractivity contribution in [1.29, 1.82) is 0 Å².